The van der Waals surface area contributed by atoms with Gasteiger partial charge in [0.15, 0.2) is 0 Å². The Hall–Kier alpha value is 0.573. The second-order valence-electron chi connectivity index (χ2n) is 1.34. The van der Waals surface area contributed by atoms with E-state index in [1.54, 1.807) is 24.3 Å². The van der Waals surface area contributed by atoms with Gasteiger partial charge in [0.25, 0.3) is 0 Å². The van der Waals surface area contributed by atoms with Crippen LogP contribution < -0.4 is 37.2 Å². The second-order valence-corrected chi connectivity index (χ2v) is 1.34. The van der Waals surface area contributed by atoms with Crippen LogP contribution in [0.15, 0.2) is 30.3 Å². The van der Waals surface area contributed by atoms with Crippen LogP contribution in [0.25, 0.3) is 0 Å². The van der Waals surface area contributed by atoms with Crippen molar-refractivity contribution in [2.24, 2.45) is 0 Å². The van der Waals surface area contributed by atoms with Gasteiger partial charge in [-0.1, -0.05) is 18.2 Å². The summed E-state index contributed by atoms with van der Waals surface area (Å²) in [5.41, 5.74) is 0. The molecule has 0 unspecified atom stereocenters. The minimum absolute atomic E-state index is 0. The zero-order chi connectivity index (χ0) is 7.11. The van der Waals surface area contributed by atoms with Crippen LogP contribution in [-0.2, 0) is 24.6 Å². The summed E-state index contributed by atoms with van der Waals surface area (Å²) in [6, 6.07) is 8.71. The molecule has 0 aliphatic heterocycles. The summed E-state index contributed by atoms with van der Waals surface area (Å²) in [5.74, 6) is 0.322. The summed E-state index contributed by atoms with van der Waals surface area (Å²) in [6.07, 6.45) is 0. The number of hydrogen-bond donors (Lipinski definition) is 2. The summed E-state index contributed by atoms with van der Waals surface area (Å²) in [7, 11) is 0. The molecule has 0 aromatic heterocycles. The number of benzene rings is 1. The predicted molar refractivity (Wildman–Crippen MR) is 30.8 cm³/mol. The van der Waals surface area contributed by atoms with Crippen molar-refractivity contribution in [3.63, 3.8) is 0 Å². The molecule has 0 amide bonds. The molecule has 1 aromatic rings. The molecule has 12 heavy (non-hydrogen) atoms. The normalized spacial score (nSPS) is 5.25. The standard InChI is InChI=1S/C6H6O.3ClH.HN.Zr/c7-6-4-2-1-3-5-6;;;;;/h1-5,7H;4*1H;/p-3. The van der Waals surface area contributed by atoms with Crippen molar-refractivity contribution in [2.45, 2.75) is 0 Å². The molecular formula is C6H7Cl3NOZr-3. The number of hydrogen-bond acceptors (Lipinski definition) is 2. The first-order valence-electron chi connectivity index (χ1n) is 2.38. The van der Waals surface area contributed by atoms with Gasteiger partial charge in [-0.3, -0.25) is 0 Å². The van der Waals surface area contributed by atoms with Crippen LogP contribution in [0.5, 0.6) is 5.75 Å². The molecule has 0 aliphatic rings. The third-order valence-electron chi connectivity index (χ3n) is 0.756. The summed E-state index contributed by atoms with van der Waals surface area (Å²) < 4.78 is 5.84. The molecular weight excluding hydrogens is 300 g/mol. The fourth-order valence-electron chi connectivity index (χ4n) is 0.428. The van der Waals surface area contributed by atoms with Crippen molar-refractivity contribution in [3.8, 4) is 5.75 Å². The third-order valence-corrected chi connectivity index (χ3v) is 0.756. The number of rotatable bonds is 0. The van der Waals surface area contributed by atoms with E-state index in [1.165, 1.54) is 0 Å². The van der Waals surface area contributed by atoms with Gasteiger partial charge in [0.05, 0.1) is 0 Å². The Balaban J connectivity index is -0.0000000600. The van der Waals surface area contributed by atoms with Crippen molar-refractivity contribution < 1.29 is 66.9 Å². The fourth-order valence-corrected chi connectivity index (χ4v) is 0.428. The first-order chi connectivity index (χ1) is 4.39. The SMILES string of the molecule is Oc1ccccc1.[Cl-].[Cl-].[Cl-].[NH]=[Zr]. The second kappa shape index (κ2) is 17.6. The molecule has 0 saturated heterocycles. The Morgan fingerprint density at radius 2 is 1.25 bits per heavy atom. The quantitative estimate of drug-likeness (QED) is 0.492. The number of halogens is 3. The van der Waals surface area contributed by atoms with E-state index >= 15 is 0 Å². The molecule has 6 heteroatoms. The number of nitrogens with one attached hydrogen (secondary N) is 1. The van der Waals surface area contributed by atoms with Crippen LogP contribution in [0, 0.1) is 3.29 Å². The molecule has 0 spiro atoms. The van der Waals surface area contributed by atoms with Crippen LogP contribution in [0.4, 0.5) is 0 Å². The first kappa shape index (κ1) is 22.9. The molecule has 70 valence electrons. The van der Waals surface area contributed by atoms with Crippen molar-refractivity contribution in [3.05, 3.63) is 30.3 Å². The summed E-state index contributed by atoms with van der Waals surface area (Å²) in [5, 5.41) is 8.63. The van der Waals surface area contributed by atoms with E-state index in [1.807, 2.05) is 6.07 Å². The van der Waals surface area contributed by atoms with Gasteiger partial charge >= 0.3 is 27.8 Å². The van der Waals surface area contributed by atoms with Crippen molar-refractivity contribution >= 4 is 0 Å². The van der Waals surface area contributed by atoms with Gasteiger partial charge in [-0.2, -0.15) is 0 Å². The number of aromatic hydroxyl groups is 1. The molecule has 1 rings (SSSR count). The molecule has 0 fully saturated rings. The fraction of sp³-hybridized carbons (Fsp3) is 0. The first-order valence-corrected chi connectivity index (χ1v) is 3.61. The molecule has 0 saturated carbocycles. The van der Waals surface area contributed by atoms with Crippen molar-refractivity contribution in [1.29, 1.82) is 3.29 Å². The van der Waals surface area contributed by atoms with E-state index in [-0.39, 0.29) is 37.2 Å². The van der Waals surface area contributed by atoms with E-state index in [0.717, 1.165) is 24.6 Å². The Kier molecular flexibility index (Phi) is 33.6. The van der Waals surface area contributed by atoms with Crippen LogP contribution in [0.2, 0.25) is 0 Å². The Morgan fingerprint density at radius 1 is 0.917 bits per heavy atom. The van der Waals surface area contributed by atoms with Gasteiger partial charge in [-0.05, 0) is 12.1 Å². The monoisotopic (exact) mass is 304 g/mol. The van der Waals surface area contributed by atoms with E-state index in [9.17, 15) is 0 Å². The molecule has 2 N–H and O–H groups in total. The topological polar surface area (TPSA) is 44.1 Å². The Labute approximate surface area is 106 Å². The van der Waals surface area contributed by atoms with Gasteiger partial charge in [0, 0.05) is 0 Å². The van der Waals surface area contributed by atoms with Crippen molar-refractivity contribution in [1.82, 2.24) is 0 Å². The molecule has 2 nitrogen and oxygen atoms in total. The average molecular weight is 307 g/mol. The van der Waals surface area contributed by atoms with E-state index < -0.39 is 0 Å². The van der Waals surface area contributed by atoms with Gasteiger partial charge in [0.2, 0.25) is 0 Å². The molecule has 0 atom stereocenters. The summed E-state index contributed by atoms with van der Waals surface area (Å²) >= 11 is 0.800. The van der Waals surface area contributed by atoms with Gasteiger partial charge < -0.3 is 42.3 Å². The molecule has 0 heterocycles. The van der Waals surface area contributed by atoms with Crippen LogP contribution in [0.3, 0.4) is 0 Å². The van der Waals surface area contributed by atoms with Gasteiger partial charge in [0.1, 0.15) is 5.75 Å². The third kappa shape index (κ3) is 13.2. The summed E-state index contributed by atoms with van der Waals surface area (Å²) in [4.78, 5) is 0. The van der Waals surface area contributed by atoms with E-state index in [0.29, 0.717) is 5.75 Å². The maximum atomic E-state index is 8.63. The van der Waals surface area contributed by atoms with Gasteiger partial charge in [-0.15, -0.1) is 0 Å². The van der Waals surface area contributed by atoms with Crippen molar-refractivity contribution in [2.75, 3.05) is 0 Å². The zero-order valence-electron chi connectivity index (χ0n) is 5.97. The molecule has 1 aromatic carbocycles. The molecule has 0 bridgehead atoms. The minimum atomic E-state index is 0. The number of phenols is 1. The predicted octanol–water partition coefficient (Wildman–Crippen LogP) is -7.30. The number of phenolic OH excluding ortho intramolecular Hbond substituents is 1. The zero-order valence-corrected chi connectivity index (χ0v) is 10.7. The number of para-hydroxylation sites is 1. The Morgan fingerprint density at radius 3 is 1.42 bits per heavy atom. The van der Waals surface area contributed by atoms with Gasteiger partial charge in [-0.25, -0.2) is 0 Å². The average Bonchev–Trinajstić information content (AvgIpc) is 1.94. The van der Waals surface area contributed by atoms with Crippen LogP contribution in [-0.4, -0.2) is 5.11 Å². The van der Waals surface area contributed by atoms with Crippen LogP contribution in [0.1, 0.15) is 0 Å². The summed E-state index contributed by atoms with van der Waals surface area (Å²) in [6.45, 7) is 0. The molecule has 0 radical (unpaired) electrons. The molecule has 0 aliphatic carbocycles. The Bertz CT molecular complexity index is 164. The van der Waals surface area contributed by atoms with E-state index in [2.05, 4.69) is 0 Å². The maximum absolute atomic E-state index is 8.63. The van der Waals surface area contributed by atoms with Crippen LogP contribution >= 0.6 is 0 Å². The van der Waals surface area contributed by atoms with E-state index in [4.69, 9.17) is 8.40 Å².